The van der Waals surface area contributed by atoms with E-state index in [9.17, 15) is 5.26 Å². The first-order chi connectivity index (χ1) is 14.8. The third-order valence-corrected chi connectivity index (χ3v) is 6.78. The largest absolute Gasteiger partial charge is 0.495 e. The number of nitriles is 1. The summed E-state index contributed by atoms with van der Waals surface area (Å²) in [6.07, 6.45) is 0. The van der Waals surface area contributed by atoms with Crippen molar-refractivity contribution in [2.45, 2.75) is 38.9 Å². The molecule has 0 unspecified atom stereocenters. The second-order valence-electron chi connectivity index (χ2n) is 9.16. The summed E-state index contributed by atoms with van der Waals surface area (Å²) in [5.41, 5.74) is 3.09. The molecule has 4 aromatic carbocycles. The van der Waals surface area contributed by atoms with E-state index >= 15 is 0 Å². The van der Waals surface area contributed by atoms with Crippen molar-refractivity contribution < 1.29 is 9.31 Å². The summed E-state index contributed by atoms with van der Waals surface area (Å²) in [5, 5.41) is 14.0. The highest BCUT2D eigenvalue weighted by atomic mass is 16.7. The zero-order valence-corrected chi connectivity index (χ0v) is 18.3. The van der Waals surface area contributed by atoms with Crippen molar-refractivity contribution in [3.8, 4) is 17.2 Å². The molecule has 152 valence electrons. The molecule has 0 aromatic heterocycles. The van der Waals surface area contributed by atoms with Gasteiger partial charge in [-0.2, -0.15) is 5.26 Å². The van der Waals surface area contributed by atoms with Crippen LogP contribution in [0.2, 0.25) is 0 Å². The Bertz CT molecular complexity index is 1350. The van der Waals surface area contributed by atoms with Crippen LogP contribution in [-0.2, 0) is 9.31 Å². The molecule has 5 rings (SSSR count). The smallest absolute Gasteiger partial charge is 0.399 e. The van der Waals surface area contributed by atoms with E-state index in [-0.39, 0.29) is 0 Å². The molecule has 0 spiro atoms. The molecular formula is C27H24BNO2. The third-order valence-electron chi connectivity index (χ3n) is 6.78. The minimum Gasteiger partial charge on any atom is -0.399 e. The zero-order chi connectivity index (χ0) is 21.8. The van der Waals surface area contributed by atoms with Crippen LogP contribution < -0.4 is 5.46 Å². The summed E-state index contributed by atoms with van der Waals surface area (Å²) < 4.78 is 12.7. The molecule has 0 bridgehead atoms. The molecule has 1 fully saturated rings. The maximum Gasteiger partial charge on any atom is 0.495 e. The van der Waals surface area contributed by atoms with Crippen molar-refractivity contribution >= 4 is 34.1 Å². The first-order valence-electron chi connectivity index (χ1n) is 10.6. The fourth-order valence-corrected chi connectivity index (χ4v) is 4.40. The molecule has 1 aliphatic rings. The molecule has 4 heteroatoms. The average Bonchev–Trinajstić information content (AvgIpc) is 2.98. The number of hydrogen-bond donors (Lipinski definition) is 0. The Morgan fingerprint density at radius 2 is 1.29 bits per heavy atom. The molecule has 1 heterocycles. The number of fused-ring (bicyclic) bond motifs is 2. The molecule has 1 saturated heterocycles. The van der Waals surface area contributed by atoms with Gasteiger partial charge in [-0.15, -0.1) is 0 Å². The standard InChI is InChI=1S/C27H24BNO2/c1-26(2)27(3,4)31-28(30-26)24-16-8-13-20-21(12-7-14-22(20)24)23-15-6-10-18-9-5-11-19(17-29)25(18)23/h5-16H,1-4H3. The highest BCUT2D eigenvalue weighted by Crippen LogP contribution is 2.38. The van der Waals surface area contributed by atoms with Gasteiger partial charge in [0.1, 0.15) is 0 Å². The molecule has 0 saturated carbocycles. The van der Waals surface area contributed by atoms with E-state index in [1.807, 2.05) is 12.1 Å². The Morgan fingerprint density at radius 1 is 0.710 bits per heavy atom. The van der Waals surface area contributed by atoms with Gasteiger partial charge in [-0.05, 0) is 66.5 Å². The van der Waals surface area contributed by atoms with Crippen LogP contribution in [0.5, 0.6) is 0 Å². The van der Waals surface area contributed by atoms with Gasteiger partial charge in [-0.1, -0.05) is 66.7 Å². The molecule has 0 atom stereocenters. The normalized spacial score (nSPS) is 17.2. The van der Waals surface area contributed by atoms with Crippen molar-refractivity contribution in [3.63, 3.8) is 0 Å². The van der Waals surface area contributed by atoms with Crippen molar-refractivity contribution in [2.24, 2.45) is 0 Å². The van der Waals surface area contributed by atoms with E-state index in [1.54, 1.807) is 0 Å². The van der Waals surface area contributed by atoms with Crippen LogP contribution in [-0.4, -0.2) is 18.3 Å². The molecule has 0 amide bonds. The number of rotatable bonds is 2. The SMILES string of the molecule is CC1(C)OB(c2cccc3c(-c4cccc5cccc(C#N)c45)cccc23)OC1(C)C. The lowest BCUT2D eigenvalue weighted by atomic mass is 9.75. The zero-order valence-electron chi connectivity index (χ0n) is 18.3. The van der Waals surface area contributed by atoms with Gasteiger partial charge in [0, 0.05) is 5.39 Å². The van der Waals surface area contributed by atoms with Gasteiger partial charge in [0.05, 0.1) is 22.8 Å². The van der Waals surface area contributed by atoms with Crippen LogP contribution in [0.4, 0.5) is 0 Å². The molecule has 0 N–H and O–H groups in total. The highest BCUT2D eigenvalue weighted by Gasteiger charge is 2.52. The van der Waals surface area contributed by atoms with E-state index in [0.29, 0.717) is 5.56 Å². The van der Waals surface area contributed by atoms with E-state index in [2.05, 4.69) is 94.4 Å². The Morgan fingerprint density at radius 3 is 2.00 bits per heavy atom. The Hall–Kier alpha value is -3.13. The van der Waals surface area contributed by atoms with E-state index in [1.165, 1.54) is 0 Å². The van der Waals surface area contributed by atoms with Crippen molar-refractivity contribution in [1.29, 1.82) is 5.26 Å². The maximum atomic E-state index is 9.72. The Labute approximate surface area is 183 Å². The van der Waals surface area contributed by atoms with Crippen LogP contribution >= 0.6 is 0 Å². The number of nitrogens with zero attached hydrogens (tertiary/aromatic N) is 1. The monoisotopic (exact) mass is 405 g/mol. The fraction of sp³-hybridized carbons (Fsp3) is 0.222. The van der Waals surface area contributed by atoms with Crippen LogP contribution in [0, 0.1) is 11.3 Å². The van der Waals surface area contributed by atoms with E-state index in [0.717, 1.165) is 38.1 Å². The molecule has 0 aliphatic carbocycles. The van der Waals surface area contributed by atoms with E-state index in [4.69, 9.17) is 9.31 Å². The van der Waals surface area contributed by atoms with Crippen LogP contribution in [0.1, 0.15) is 33.3 Å². The molecule has 4 aromatic rings. The van der Waals surface area contributed by atoms with Gasteiger partial charge in [-0.25, -0.2) is 0 Å². The van der Waals surface area contributed by atoms with Crippen LogP contribution in [0.15, 0.2) is 72.8 Å². The summed E-state index contributed by atoms with van der Waals surface area (Å²) in [5.74, 6) is 0. The molecule has 31 heavy (non-hydrogen) atoms. The molecule has 1 aliphatic heterocycles. The van der Waals surface area contributed by atoms with Crippen molar-refractivity contribution in [3.05, 3.63) is 78.4 Å². The number of benzene rings is 4. The van der Waals surface area contributed by atoms with Crippen LogP contribution in [0.25, 0.3) is 32.7 Å². The van der Waals surface area contributed by atoms with Gasteiger partial charge < -0.3 is 9.31 Å². The predicted molar refractivity (Wildman–Crippen MR) is 127 cm³/mol. The van der Waals surface area contributed by atoms with Crippen molar-refractivity contribution in [1.82, 2.24) is 0 Å². The first kappa shape index (κ1) is 19.8. The lowest BCUT2D eigenvalue weighted by Gasteiger charge is -2.32. The third kappa shape index (κ3) is 3.05. The summed E-state index contributed by atoms with van der Waals surface area (Å²) in [7, 11) is -0.425. The van der Waals surface area contributed by atoms with Crippen molar-refractivity contribution in [2.75, 3.05) is 0 Å². The molecule has 3 nitrogen and oxygen atoms in total. The van der Waals surface area contributed by atoms with Crippen LogP contribution in [0.3, 0.4) is 0 Å². The molecule has 0 radical (unpaired) electrons. The second kappa shape index (κ2) is 6.95. The maximum absolute atomic E-state index is 9.72. The first-order valence-corrected chi connectivity index (χ1v) is 10.6. The second-order valence-corrected chi connectivity index (χ2v) is 9.16. The highest BCUT2D eigenvalue weighted by molar-refractivity contribution is 6.65. The number of hydrogen-bond acceptors (Lipinski definition) is 3. The summed E-state index contributed by atoms with van der Waals surface area (Å²) >= 11 is 0. The topological polar surface area (TPSA) is 42.2 Å². The predicted octanol–water partition coefficient (Wildman–Crippen LogP) is 5.83. The minimum atomic E-state index is -0.425. The lowest BCUT2D eigenvalue weighted by molar-refractivity contribution is 0.00578. The van der Waals surface area contributed by atoms with Gasteiger partial charge in [0.2, 0.25) is 0 Å². The van der Waals surface area contributed by atoms with Gasteiger partial charge in [0.25, 0.3) is 0 Å². The average molecular weight is 405 g/mol. The summed E-state index contributed by atoms with van der Waals surface area (Å²) in [6.45, 7) is 8.29. The fourth-order valence-electron chi connectivity index (χ4n) is 4.40. The Kier molecular flexibility index (Phi) is 4.44. The summed E-state index contributed by atoms with van der Waals surface area (Å²) in [4.78, 5) is 0. The van der Waals surface area contributed by atoms with E-state index < -0.39 is 18.3 Å². The summed E-state index contributed by atoms with van der Waals surface area (Å²) in [6, 6.07) is 27.0. The molecular weight excluding hydrogens is 381 g/mol. The minimum absolute atomic E-state index is 0.394. The van der Waals surface area contributed by atoms with Gasteiger partial charge in [-0.3, -0.25) is 0 Å². The quantitative estimate of drug-likeness (QED) is 0.394. The Balaban J connectivity index is 1.74. The van der Waals surface area contributed by atoms with Gasteiger partial charge >= 0.3 is 7.12 Å². The van der Waals surface area contributed by atoms with Gasteiger partial charge in [0.15, 0.2) is 0 Å². The lowest BCUT2D eigenvalue weighted by Crippen LogP contribution is -2.41.